The molecule has 0 spiro atoms. The lowest BCUT2D eigenvalue weighted by Crippen LogP contribution is -2.05. The maximum atomic E-state index is 10.9. The van der Waals surface area contributed by atoms with Crippen LogP contribution in [0.3, 0.4) is 0 Å². The zero-order valence-electron chi connectivity index (χ0n) is 7.29. The first-order valence-electron chi connectivity index (χ1n) is 4.12. The van der Waals surface area contributed by atoms with Crippen LogP contribution in [0.25, 0.3) is 0 Å². The molecule has 2 N–H and O–H groups in total. The van der Waals surface area contributed by atoms with Crippen molar-refractivity contribution in [2.24, 2.45) is 0 Å². The van der Waals surface area contributed by atoms with Gasteiger partial charge in [-0.1, -0.05) is 0 Å². The van der Waals surface area contributed by atoms with Crippen molar-refractivity contribution in [3.05, 3.63) is 28.6 Å². The first-order chi connectivity index (χ1) is 6.18. The number of aryl methyl sites for hydroxylation is 1. The van der Waals surface area contributed by atoms with E-state index in [-0.39, 0.29) is 0 Å². The quantitative estimate of drug-likeness (QED) is 0.664. The second-order valence-electron chi connectivity index (χ2n) is 3.15. The number of hydrogen-bond donors (Lipinski definition) is 2. The molecule has 4 nitrogen and oxygen atoms in total. The third-order valence-corrected chi connectivity index (χ3v) is 2.16. The highest BCUT2D eigenvalue weighted by Gasteiger charge is 2.19. The molecule has 0 fully saturated rings. The Morgan fingerprint density at radius 3 is 3.08 bits per heavy atom. The number of aromatic carboxylic acids is 1. The van der Waals surface area contributed by atoms with Crippen LogP contribution >= 0.6 is 0 Å². The van der Waals surface area contributed by atoms with Gasteiger partial charge in [0, 0.05) is 24.3 Å². The number of nitrogens with one attached hydrogen (secondary N) is 1. The van der Waals surface area contributed by atoms with E-state index in [1.54, 1.807) is 6.07 Å². The molecule has 0 aromatic carbocycles. The van der Waals surface area contributed by atoms with E-state index in [1.807, 2.05) is 6.92 Å². The predicted octanol–water partition coefficient (Wildman–Crippen LogP) is 0.691. The molecule has 1 aliphatic rings. The van der Waals surface area contributed by atoms with E-state index >= 15 is 0 Å². The zero-order valence-corrected chi connectivity index (χ0v) is 7.29. The van der Waals surface area contributed by atoms with Crippen LogP contribution in [0, 0.1) is 6.92 Å². The van der Waals surface area contributed by atoms with Gasteiger partial charge in [0.2, 0.25) is 0 Å². The standard InChI is InChI=1S/C9H10N2O2/c1-5-2-6(9(12)13)7-3-10-4-8(7)11-5/h2,10H,3-4H2,1H3,(H,12,13). The lowest BCUT2D eigenvalue weighted by atomic mass is 10.1. The Bertz CT molecular complexity index is 374. The summed E-state index contributed by atoms with van der Waals surface area (Å²) in [5.41, 5.74) is 2.85. The lowest BCUT2D eigenvalue weighted by Gasteiger charge is -2.03. The molecule has 0 aliphatic carbocycles. The van der Waals surface area contributed by atoms with Crippen LogP contribution in [0.2, 0.25) is 0 Å². The SMILES string of the molecule is Cc1cc(C(=O)O)c2c(n1)CNC2. The van der Waals surface area contributed by atoms with Gasteiger partial charge < -0.3 is 10.4 Å². The fourth-order valence-electron chi connectivity index (χ4n) is 1.60. The molecule has 0 saturated heterocycles. The van der Waals surface area contributed by atoms with Crippen LogP contribution in [0.4, 0.5) is 0 Å². The van der Waals surface area contributed by atoms with Gasteiger partial charge in [-0.3, -0.25) is 4.98 Å². The molecule has 0 amide bonds. The van der Waals surface area contributed by atoms with E-state index in [1.165, 1.54) is 0 Å². The third-order valence-electron chi connectivity index (χ3n) is 2.16. The van der Waals surface area contributed by atoms with Gasteiger partial charge in [-0.25, -0.2) is 4.79 Å². The highest BCUT2D eigenvalue weighted by Crippen LogP contribution is 2.18. The van der Waals surface area contributed by atoms with Crippen LogP contribution in [-0.2, 0) is 13.1 Å². The number of carboxylic acids is 1. The van der Waals surface area contributed by atoms with E-state index in [0.29, 0.717) is 18.7 Å². The van der Waals surface area contributed by atoms with E-state index in [4.69, 9.17) is 5.11 Å². The molecule has 2 rings (SSSR count). The van der Waals surface area contributed by atoms with Crippen molar-refractivity contribution in [1.29, 1.82) is 0 Å². The first kappa shape index (κ1) is 8.19. The van der Waals surface area contributed by atoms with Crippen LogP contribution < -0.4 is 5.32 Å². The molecule has 68 valence electrons. The van der Waals surface area contributed by atoms with Gasteiger partial charge in [0.05, 0.1) is 11.3 Å². The van der Waals surface area contributed by atoms with Crippen LogP contribution in [0.5, 0.6) is 0 Å². The number of carbonyl (C=O) groups is 1. The highest BCUT2D eigenvalue weighted by atomic mass is 16.4. The number of hydrogen-bond acceptors (Lipinski definition) is 3. The van der Waals surface area contributed by atoms with Crippen molar-refractivity contribution in [1.82, 2.24) is 10.3 Å². The summed E-state index contributed by atoms with van der Waals surface area (Å²) < 4.78 is 0. The molecule has 0 unspecified atom stereocenters. The molecule has 1 aromatic heterocycles. The Labute approximate surface area is 75.6 Å². The van der Waals surface area contributed by atoms with Gasteiger partial charge in [0.25, 0.3) is 0 Å². The fraction of sp³-hybridized carbons (Fsp3) is 0.333. The maximum Gasteiger partial charge on any atom is 0.336 e. The second kappa shape index (κ2) is 2.81. The van der Waals surface area contributed by atoms with E-state index in [9.17, 15) is 4.79 Å². The lowest BCUT2D eigenvalue weighted by molar-refractivity contribution is 0.0695. The highest BCUT2D eigenvalue weighted by molar-refractivity contribution is 5.89. The van der Waals surface area contributed by atoms with Crippen molar-refractivity contribution in [3.63, 3.8) is 0 Å². The molecule has 1 aliphatic heterocycles. The first-order valence-corrected chi connectivity index (χ1v) is 4.12. The Kier molecular flexibility index (Phi) is 1.77. The average molecular weight is 178 g/mol. The smallest absolute Gasteiger partial charge is 0.336 e. The molecule has 1 aromatic rings. The van der Waals surface area contributed by atoms with Crippen molar-refractivity contribution >= 4 is 5.97 Å². The number of nitrogens with zero attached hydrogens (tertiary/aromatic N) is 1. The average Bonchev–Trinajstić information content (AvgIpc) is 2.49. The number of carboxylic acid groups (broad SMARTS) is 1. The van der Waals surface area contributed by atoms with Crippen LogP contribution in [-0.4, -0.2) is 16.1 Å². The minimum Gasteiger partial charge on any atom is -0.478 e. The maximum absolute atomic E-state index is 10.9. The number of rotatable bonds is 1. The van der Waals surface area contributed by atoms with Crippen molar-refractivity contribution in [3.8, 4) is 0 Å². The Hall–Kier alpha value is -1.42. The Balaban J connectivity index is 2.62. The summed E-state index contributed by atoms with van der Waals surface area (Å²) in [6.07, 6.45) is 0. The molecule has 0 saturated carbocycles. The minimum atomic E-state index is -0.870. The molecule has 4 heteroatoms. The molecule has 2 heterocycles. The monoisotopic (exact) mass is 178 g/mol. The van der Waals surface area contributed by atoms with Crippen LogP contribution in [0.1, 0.15) is 27.3 Å². The van der Waals surface area contributed by atoms with E-state index in [0.717, 1.165) is 17.0 Å². The summed E-state index contributed by atoms with van der Waals surface area (Å²) in [6.45, 7) is 3.10. The number of pyridine rings is 1. The molecule has 0 bridgehead atoms. The normalized spacial score (nSPS) is 14.2. The summed E-state index contributed by atoms with van der Waals surface area (Å²) in [4.78, 5) is 15.1. The number of fused-ring (bicyclic) bond motifs is 1. The summed E-state index contributed by atoms with van der Waals surface area (Å²) in [7, 11) is 0. The van der Waals surface area contributed by atoms with Gasteiger partial charge >= 0.3 is 5.97 Å². The summed E-state index contributed by atoms with van der Waals surface area (Å²) >= 11 is 0. The van der Waals surface area contributed by atoms with Gasteiger partial charge in [-0.15, -0.1) is 0 Å². The summed E-state index contributed by atoms with van der Waals surface area (Å²) in [6, 6.07) is 1.62. The van der Waals surface area contributed by atoms with Gasteiger partial charge in [0.15, 0.2) is 0 Å². The van der Waals surface area contributed by atoms with Gasteiger partial charge in [0.1, 0.15) is 0 Å². The molecule has 0 radical (unpaired) electrons. The second-order valence-corrected chi connectivity index (χ2v) is 3.15. The number of aromatic nitrogens is 1. The largest absolute Gasteiger partial charge is 0.478 e. The van der Waals surface area contributed by atoms with E-state index < -0.39 is 5.97 Å². The molecule has 0 atom stereocenters. The van der Waals surface area contributed by atoms with Crippen molar-refractivity contribution in [2.75, 3.05) is 0 Å². The third kappa shape index (κ3) is 1.29. The summed E-state index contributed by atoms with van der Waals surface area (Å²) in [5.74, 6) is -0.870. The summed E-state index contributed by atoms with van der Waals surface area (Å²) in [5, 5.41) is 12.0. The minimum absolute atomic E-state index is 0.382. The van der Waals surface area contributed by atoms with E-state index in [2.05, 4.69) is 10.3 Å². The van der Waals surface area contributed by atoms with Crippen molar-refractivity contribution in [2.45, 2.75) is 20.0 Å². The fourth-order valence-corrected chi connectivity index (χ4v) is 1.60. The molecular weight excluding hydrogens is 168 g/mol. The molecule has 13 heavy (non-hydrogen) atoms. The zero-order chi connectivity index (χ0) is 9.42. The predicted molar refractivity (Wildman–Crippen MR) is 46.5 cm³/mol. The topological polar surface area (TPSA) is 62.2 Å². The Morgan fingerprint density at radius 1 is 1.62 bits per heavy atom. The van der Waals surface area contributed by atoms with Crippen molar-refractivity contribution < 1.29 is 9.90 Å². The molecular formula is C9H10N2O2. The Morgan fingerprint density at radius 2 is 2.38 bits per heavy atom. The van der Waals surface area contributed by atoms with Crippen LogP contribution in [0.15, 0.2) is 6.07 Å². The van der Waals surface area contributed by atoms with Gasteiger partial charge in [-0.05, 0) is 13.0 Å². The van der Waals surface area contributed by atoms with Gasteiger partial charge in [-0.2, -0.15) is 0 Å².